The van der Waals surface area contributed by atoms with E-state index in [1.165, 1.54) is 4.90 Å². The van der Waals surface area contributed by atoms with E-state index < -0.39 is 41.1 Å². The molecule has 0 spiro atoms. The molecule has 0 aliphatic carbocycles. The quantitative estimate of drug-likeness (QED) is 0.367. The SMILES string of the molecule is O=C(NOC[C@H]1C[C@H](CF)CN1)C1CCC2CN1C(=O)N2OS(=O)(=O)O. The smallest absolute Gasteiger partial charge is 0.311 e. The average Bonchev–Trinajstić information content (AvgIpc) is 3.13. The number of nitrogens with one attached hydrogen (secondary N) is 2. The summed E-state index contributed by atoms with van der Waals surface area (Å²) in [6.45, 7) is 0.436. The first-order valence-electron chi connectivity index (χ1n) is 8.26. The molecule has 3 aliphatic heterocycles. The van der Waals surface area contributed by atoms with Gasteiger partial charge in [-0.1, -0.05) is 0 Å². The maximum absolute atomic E-state index is 12.6. The Morgan fingerprint density at radius 2 is 2.19 bits per heavy atom. The van der Waals surface area contributed by atoms with Crippen LogP contribution in [0.4, 0.5) is 9.18 Å². The van der Waals surface area contributed by atoms with Crippen molar-refractivity contribution in [2.45, 2.75) is 37.4 Å². The van der Waals surface area contributed by atoms with Gasteiger partial charge in [0, 0.05) is 25.0 Å². The molecule has 0 saturated carbocycles. The Morgan fingerprint density at radius 3 is 2.85 bits per heavy atom. The first-order chi connectivity index (χ1) is 12.3. The molecule has 2 unspecified atom stereocenters. The van der Waals surface area contributed by atoms with Crippen LogP contribution in [-0.2, 0) is 24.3 Å². The molecule has 0 aromatic rings. The third-order valence-electron chi connectivity index (χ3n) is 4.79. The molecule has 2 bridgehead atoms. The van der Waals surface area contributed by atoms with Gasteiger partial charge in [0.15, 0.2) is 0 Å². The van der Waals surface area contributed by atoms with Crippen LogP contribution in [0.25, 0.3) is 0 Å². The zero-order chi connectivity index (χ0) is 18.9. The number of nitrogens with zero attached hydrogens (tertiary/aromatic N) is 2. The standard InChI is InChI=1S/C13H21FN4O7S/c14-4-8-3-9(15-5-8)7-24-16-12(19)11-2-1-10-6-17(11)13(20)18(10)25-26(21,22)23/h8-11,15H,1-7H2,(H,16,19)(H,21,22,23)/t8-,9-,10?,11?/m1/s1. The summed E-state index contributed by atoms with van der Waals surface area (Å²) in [5, 5.41) is 3.66. The van der Waals surface area contributed by atoms with Crippen LogP contribution in [-0.4, -0.2) is 79.4 Å². The van der Waals surface area contributed by atoms with Gasteiger partial charge < -0.3 is 10.2 Å². The van der Waals surface area contributed by atoms with E-state index in [9.17, 15) is 22.4 Å². The van der Waals surface area contributed by atoms with Gasteiger partial charge in [0.05, 0.1) is 19.3 Å². The number of alkyl halides is 1. The number of hydrogen-bond donors (Lipinski definition) is 3. The fraction of sp³-hybridized carbons (Fsp3) is 0.846. The molecule has 0 radical (unpaired) electrons. The molecule has 13 heteroatoms. The van der Waals surface area contributed by atoms with Crippen molar-refractivity contribution in [3.63, 3.8) is 0 Å². The van der Waals surface area contributed by atoms with Crippen molar-refractivity contribution >= 4 is 22.3 Å². The van der Waals surface area contributed by atoms with Crippen LogP contribution < -0.4 is 10.8 Å². The van der Waals surface area contributed by atoms with Gasteiger partial charge in [-0.2, -0.15) is 13.5 Å². The summed E-state index contributed by atoms with van der Waals surface area (Å²) in [6.07, 6.45) is 1.24. The molecule has 3 aliphatic rings. The maximum Gasteiger partial charge on any atom is 0.418 e. The van der Waals surface area contributed by atoms with Crippen LogP contribution in [0, 0.1) is 5.92 Å². The number of halogens is 1. The molecule has 3 saturated heterocycles. The molecule has 11 nitrogen and oxygen atoms in total. The Morgan fingerprint density at radius 1 is 1.42 bits per heavy atom. The second-order valence-electron chi connectivity index (χ2n) is 6.65. The molecule has 0 aromatic heterocycles. The Bertz CT molecular complexity index is 663. The van der Waals surface area contributed by atoms with E-state index in [0.29, 0.717) is 30.9 Å². The number of hydroxylamine groups is 3. The molecule has 0 aromatic carbocycles. The van der Waals surface area contributed by atoms with Crippen molar-refractivity contribution in [3.05, 3.63) is 0 Å². The van der Waals surface area contributed by atoms with Crippen molar-refractivity contribution in [1.29, 1.82) is 0 Å². The number of hydrogen-bond acceptors (Lipinski definition) is 7. The van der Waals surface area contributed by atoms with E-state index >= 15 is 0 Å². The van der Waals surface area contributed by atoms with Gasteiger partial charge in [-0.15, -0.1) is 4.28 Å². The molecule has 148 valence electrons. The van der Waals surface area contributed by atoms with Crippen LogP contribution in [0.3, 0.4) is 0 Å². The van der Waals surface area contributed by atoms with Gasteiger partial charge in [0.2, 0.25) is 0 Å². The second-order valence-corrected chi connectivity index (χ2v) is 7.65. The van der Waals surface area contributed by atoms with Crippen LogP contribution >= 0.6 is 0 Å². The number of piperidine rings is 1. The Labute approximate surface area is 149 Å². The minimum atomic E-state index is -4.83. The van der Waals surface area contributed by atoms with E-state index in [4.69, 9.17) is 9.39 Å². The number of amides is 3. The molecule has 3 N–H and O–H groups in total. The van der Waals surface area contributed by atoms with Crippen molar-refractivity contribution < 1.29 is 36.1 Å². The Hall–Kier alpha value is -1.54. The fourth-order valence-electron chi connectivity index (χ4n) is 3.53. The topological polar surface area (TPSA) is 138 Å². The van der Waals surface area contributed by atoms with E-state index in [1.54, 1.807) is 0 Å². The Kier molecular flexibility index (Phi) is 5.62. The van der Waals surface area contributed by atoms with Gasteiger partial charge >= 0.3 is 16.4 Å². The number of urea groups is 1. The van der Waals surface area contributed by atoms with Crippen molar-refractivity contribution in [2.24, 2.45) is 5.92 Å². The highest BCUT2D eigenvalue weighted by atomic mass is 32.3. The molecule has 26 heavy (non-hydrogen) atoms. The number of fused-ring (bicyclic) bond motifs is 2. The third kappa shape index (κ3) is 4.23. The minimum absolute atomic E-state index is 0.0504. The van der Waals surface area contributed by atoms with E-state index in [0.717, 1.165) is 0 Å². The zero-order valence-electron chi connectivity index (χ0n) is 13.8. The molecular formula is C13H21FN4O7S. The van der Waals surface area contributed by atoms with Gasteiger partial charge in [-0.3, -0.25) is 18.6 Å². The number of rotatable bonds is 7. The molecule has 3 heterocycles. The number of carbonyl (C=O) groups excluding carboxylic acids is 2. The van der Waals surface area contributed by atoms with Crippen LogP contribution in [0.1, 0.15) is 19.3 Å². The molecule has 3 fully saturated rings. The van der Waals surface area contributed by atoms with Crippen molar-refractivity contribution in [3.8, 4) is 0 Å². The normalized spacial score (nSPS) is 31.5. The lowest BCUT2D eigenvalue weighted by molar-refractivity contribution is -0.139. The molecular weight excluding hydrogens is 375 g/mol. The number of carbonyl (C=O) groups is 2. The predicted octanol–water partition coefficient (Wildman–Crippen LogP) is -1.02. The largest absolute Gasteiger partial charge is 0.418 e. The first kappa shape index (κ1) is 19.2. The summed E-state index contributed by atoms with van der Waals surface area (Å²) in [4.78, 5) is 30.8. The zero-order valence-corrected chi connectivity index (χ0v) is 14.7. The summed E-state index contributed by atoms with van der Waals surface area (Å²) in [5.74, 6) is -0.587. The fourth-order valence-corrected chi connectivity index (χ4v) is 3.92. The van der Waals surface area contributed by atoms with E-state index in [-0.39, 0.29) is 25.1 Å². The third-order valence-corrected chi connectivity index (χ3v) is 5.14. The van der Waals surface area contributed by atoms with Crippen LogP contribution in [0.5, 0.6) is 0 Å². The average molecular weight is 396 g/mol. The lowest BCUT2D eigenvalue weighted by Crippen LogP contribution is -2.50. The molecule has 3 amide bonds. The van der Waals surface area contributed by atoms with Gasteiger partial charge in [0.25, 0.3) is 5.91 Å². The minimum Gasteiger partial charge on any atom is -0.311 e. The lowest BCUT2D eigenvalue weighted by Gasteiger charge is -2.29. The van der Waals surface area contributed by atoms with Crippen molar-refractivity contribution in [1.82, 2.24) is 20.8 Å². The summed E-state index contributed by atoms with van der Waals surface area (Å²) >= 11 is 0. The van der Waals surface area contributed by atoms with Gasteiger partial charge in [0.1, 0.15) is 6.04 Å². The molecule has 4 atom stereocenters. The Balaban J connectivity index is 1.49. The predicted molar refractivity (Wildman–Crippen MR) is 83.4 cm³/mol. The summed E-state index contributed by atoms with van der Waals surface area (Å²) in [7, 11) is -4.83. The highest BCUT2D eigenvalue weighted by Gasteiger charge is 2.49. The molecule has 3 rings (SSSR count). The lowest BCUT2D eigenvalue weighted by atomic mass is 10.0. The van der Waals surface area contributed by atoms with Crippen molar-refractivity contribution in [2.75, 3.05) is 26.4 Å². The van der Waals surface area contributed by atoms with Gasteiger partial charge in [-0.25, -0.2) is 10.3 Å². The van der Waals surface area contributed by atoms with E-state index in [2.05, 4.69) is 15.1 Å². The van der Waals surface area contributed by atoms with Gasteiger partial charge in [-0.05, 0) is 19.3 Å². The summed E-state index contributed by atoms with van der Waals surface area (Å²) < 4.78 is 47.3. The highest BCUT2D eigenvalue weighted by molar-refractivity contribution is 7.80. The summed E-state index contributed by atoms with van der Waals surface area (Å²) in [5.41, 5.74) is 2.29. The van der Waals surface area contributed by atoms with Crippen LogP contribution in [0.15, 0.2) is 0 Å². The second kappa shape index (κ2) is 7.60. The highest BCUT2D eigenvalue weighted by Crippen LogP contribution is 2.30. The monoisotopic (exact) mass is 396 g/mol. The van der Waals surface area contributed by atoms with Crippen LogP contribution in [0.2, 0.25) is 0 Å². The summed E-state index contributed by atoms with van der Waals surface area (Å²) in [6, 6.07) is -2.26. The van der Waals surface area contributed by atoms with E-state index in [1.807, 2.05) is 0 Å². The first-order valence-corrected chi connectivity index (χ1v) is 9.63. The maximum atomic E-state index is 12.6.